The second-order valence-electron chi connectivity index (χ2n) is 6.70. The van der Waals surface area contributed by atoms with Crippen molar-refractivity contribution in [2.75, 3.05) is 23.7 Å². The molecule has 2 aromatic rings. The van der Waals surface area contributed by atoms with Gasteiger partial charge < -0.3 is 4.90 Å². The number of nitriles is 1. The summed E-state index contributed by atoms with van der Waals surface area (Å²) < 4.78 is 27.2. The highest BCUT2D eigenvalue weighted by molar-refractivity contribution is 9.10. The Morgan fingerprint density at radius 1 is 1.32 bits per heavy atom. The lowest BCUT2D eigenvalue weighted by Crippen LogP contribution is -2.39. The summed E-state index contributed by atoms with van der Waals surface area (Å²) in [4.78, 5) is 2.18. The summed E-state index contributed by atoms with van der Waals surface area (Å²) in [7, 11) is -3.22. The largest absolute Gasteiger partial charge is 0.363 e. The van der Waals surface area contributed by atoms with Crippen LogP contribution in [0.4, 0.5) is 5.69 Å². The predicted molar refractivity (Wildman–Crippen MR) is 116 cm³/mol. The van der Waals surface area contributed by atoms with Crippen LogP contribution in [0.3, 0.4) is 0 Å². The fourth-order valence-electron chi connectivity index (χ4n) is 3.41. The van der Waals surface area contributed by atoms with Crippen LogP contribution < -0.4 is 4.90 Å². The number of nitrogens with zero attached hydrogens (tertiary/aromatic N) is 3. The maximum absolute atomic E-state index is 12.3. The van der Waals surface area contributed by atoms with Gasteiger partial charge in [-0.05, 0) is 43.2 Å². The topological polar surface area (TPSA) is 64.4 Å². The van der Waals surface area contributed by atoms with Gasteiger partial charge in [-0.15, -0.1) is 0 Å². The second-order valence-corrected chi connectivity index (χ2v) is 10.2. The molecule has 5 nitrogen and oxygen atoms in total. The van der Waals surface area contributed by atoms with Crippen molar-refractivity contribution in [2.45, 2.75) is 25.9 Å². The van der Waals surface area contributed by atoms with Crippen molar-refractivity contribution in [3.8, 4) is 6.07 Å². The molecule has 0 spiro atoms. The molecule has 1 atom stereocenters. The van der Waals surface area contributed by atoms with Crippen LogP contribution in [-0.2, 0) is 16.6 Å². The van der Waals surface area contributed by atoms with Gasteiger partial charge in [-0.25, -0.2) is 8.42 Å². The Hall–Kier alpha value is -1.59. The maximum Gasteiger partial charge on any atom is 0.213 e. The van der Waals surface area contributed by atoms with Gasteiger partial charge >= 0.3 is 0 Å². The smallest absolute Gasteiger partial charge is 0.213 e. The number of hydrogen-bond donors (Lipinski definition) is 0. The molecule has 3 rings (SSSR count). The molecular weight excluding hydrogens is 462 g/mol. The third-order valence-corrected chi connectivity index (χ3v) is 7.96. The van der Waals surface area contributed by atoms with E-state index in [0.29, 0.717) is 30.2 Å². The summed E-state index contributed by atoms with van der Waals surface area (Å²) in [5.41, 5.74) is 2.40. The van der Waals surface area contributed by atoms with E-state index in [4.69, 9.17) is 16.9 Å². The van der Waals surface area contributed by atoms with E-state index in [0.717, 1.165) is 22.1 Å². The van der Waals surface area contributed by atoms with Crippen molar-refractivity contribution in [3.63, 3.8) is 0 Å². The van der Waals surface area contributed by atoms with Crippen LogP contribution in [0.2, 0.25) is 5.02 Å². The Morgan fingerprint density at radius 2 is 2.07 bits per heavy atom. The van der Waals surface area contributed by atoms with Gasteiger partial charge in [0.15, 0.2) is 0 Å². The number of sulfonamides is 1. The normalized spacial score (nSPS) is 17.4. The first kappa shape index (κ1) is 21.1. The first-order valence-corrected chi connectivity index (χ1v) is 11.8. The average Bonchev–Trinajstić information content (AvgIpc) is 3.18. The standard InChI is InChI=1S/C20H21BrClN3O2S/c1-2-28(26,27)24-10-9-18(14-24)25(13-16-5-3-4-6-19(16)21)17-8-7-15(12-23)20(22)11-17/h3-8,11,18H,2,9-10,13-14H2,1H3/t18-/m0/s1. The van der Waals surface area contributed by atoms with Crippen molar-refractivity contribution in [1.82, 2.24) is 4.31 Å². The van der Waals surface area contributed by atoms with Gasteiger partial charge in [-0.3, -0.25) is 0 Å². The zero-order valence-corrected chi connectivity index (χ0v) is 18.6. The minimum absolute atomic E-state index is 0.0254. The zero-order valence-electron chi connectivity index (χ0n) is 15.5. The zero-order chi connectivity index (χ0) is 20.3. The molecule has 1 aliphatic heterocycles. The molecule has 1 aliphatic rings. The van der Waals surface area contributed by atoms with E-state index in [9.17, 15) is 8.42 Å². The molecule has 0 bridgehead atoms. The minimum atomic E-state index is -3.22. The molecule has 1 saturated heterocycles. The Balaban J connectivity index is 1.95. The first-order valence-electron chi connectivity index (χ1n) is 9.03. The lowest BCUT2D eigenvalue weighted by atomic mass is 10.1. The summed E-state index contributed by atoms with van der Waals surface area (Å²) in [6.07, 6.45) is 0.737. The van der Waals surface area contributed by atoms with Crippen molar-refractivity contribution in [3.05, 3.63) is 63.1 Å². The number of hydrogen-bond acceptors (Lipinski definition) is 4. The van der Waals surface area contributed by atoms with Gasteiger partial charge in [0.1, 0.15) is 6.07 Å². The lowest BCUT2D eigenvalue weighted by molar-refractivity contribution is 0.469. The molecular formula is C20H21BrClN3O2S. The van der Waals surface area contributed by atoms with E-state index in [1.54, 1.807) is 23.4 Å². The number of halogens is 2. The van der Waals surface area contributed by atoms with Crippen LogP contribution in [0, 0.1) is 11.3 Å². The molecule has 0 N–H and O–H groups in total. The molecule has 0 aliphatic carbocycles. The van der Waals surface area contributed by atoms with Gasteiger partial charge in [0.05, 0.1) is 16.3 Å². The van der Waals surface area contributed by atoms with Gasteiger partial charge in [0.25, 0.3) is 0 Å². The van der Waals surface area contributed by atoms with Crippen molar-refractivity contribution < 1.29 is 8.42 Å². The fraction of sp³-hybridized carbons (Fsp3) is 0.350. The first-order chi connectivity index (χ1) is 13.4. The van der Waals surface area contributed by atoms with Crippen molar-refractivity contribution in [1.29, 1.82) is 5.26 Å². The van der Waals surface area contributed by atoms with Crippen molar-refractivity contribution >= 4 is 43.2 Å². The molecule has 0 aromatic heterocycles. The lowest BCUT2D eigenvalue weighted by Gasteiger charge is -2.32. The monoisotopic (exact) mass is 481 g/mol. The van der Waals surface area contributed by atoms with E-state index in [1.807, 2.05) is 30.3 Å². The quantitative estimate of drug-likeness (QED) is 0.612. The Morgan fingerprint density at radius 3 is 2.71 bits per heavy atom. The van der Waals surface area contributed by atoms with Crippen LogP contribution in [0.25, 0.3) is 0 Å². The Bertz CT molecular complexity index is 1010. The number of rotatable bonds is 6. The van der Waals surface area contributed by atoms with Crippen LogP contribution in [-0.4, -0.2) is 37.6 Å². The highest BCUT2D eigenvalue weighted by atomic mass is 79.9. The van der Waals surface area contributed by atoms with E-state index in [-0.39, 0.29) is 11.8 Å². The SMILES string of the molecule is CCS(=O)(=O)N1CC[C@H](N(Cc2ccccc2Br)c2ccc(C#N)c(Cl)c2)C1. The third kappa shape index (κ3) is 4.52. The molecule has 8 heteroatoms. The second kappa shape index (κ2) is 8.83. The number of benzene rings is 2. The van der Waals surface area contributed by atoms with Gasteiger partial charge in [-0.2, -0.15) is 9.57 Å². The highest BCUT2D eigenvalue weighted by Gasteiger charge is 2.34. The van der Waals surface area contributed by atoms with Gasteiger partial charge in [-0.1, -0.05) is 45.7 Å². The minimum Gasteiger partial charge on any atom is -0.363 e. The molecule has 0 saturated carbocycles. The van der Waals surface area contributed by atoms with Crippen LogP contribution >= 0.6 is 27.5 Å². The van der Waals surface area contributed by atoms with E-state index >= 15 is 0 Å². The van der Waals surface area contributed by atoms with Crippen molar-refractivity contribution in [2.24, 2.45) is 0 Å². The van der Waals surface area contributed by atoms with Gasteiger partial charge in [0, 0.05) is 35.8 Å². The van der Waals surface area contributed by atoms with E-state index in [2.05, 4.69) is 26.9 Å². The molecule has 28 heavy (non-hydrogen) atoms. The highest BCUT2D eigenvalue weighted by Crippen LogP contribution is 2.31. The van der Waals surface area contributed by atoms with Crippen LogP contribution in [0.15, 0.2) is 46.9 Å². The Labute approximate surface area is 179 Å². The van der Waals surface area contributed by atoms with Crippen LogP contribution in [0.5, 0.6) is 0 Å². The summed E-state index contributed by atoms with van der Waals surface area (Å²) in [6, 6.07) is 15.4. The molecule has 0 unspecified atom stereocenters. The summed E-state index contributed by atoms with van der Waals surface area (Å²) in [5, 5.41) is 9.55. The summed E-state index contributed by atoms with van der Waals surface area (Å²) in [5.74, 6) is 0.104. The molecule has 1 fully saturated rings. The van der Waals surface area contributed by atoms with Crippen LogP contribution in [0.1, 0.15) is 24.5 Å². The summed E-state index contributed by atoms with van der Waals surface area (Å²) in [6.45, 7) is 3.23. The third-order valence-electron chi connectivity index (χ3n) is 5.03. The fourth-order valence-corrected chi connectivity index (χ4v) is 5.19. The van der Waals surface area contributed by atoms with E-state index < -0.39 is 10.0 Å². The molecule has 0 radical (unpaired) electrons. The maximum atomic E-state index is 12.3. The average molecular weight is 483 g/mol. The Kier molecular flexibility index (Phi) is 6.66. The predicted octanol–water partition coefficient (Wildman–Crippen LogP) is 4.40. The molecule has 1 heterocycles. The summed E-state index contributed by atoms with van der Waals surface area (Å²) >= 11 is 9.87. The molecule has 148 valence electrons. The van der Waals surface area contributed by atoms with E-state index in [1.165, 1.54) is 0 Å². The molecule has 0 amide bonds. The molecule has 2 aromatic carbocycles. The number of anilines is 1. The van der Waals surface area contributed by atoms with Gasteiger partial charge in [0.2, 0.25) is 10.0 Å².